The Kier molecular flexibility index (Phi) is 4.75. The molecular weight excluding hydrogens is 345 g/mol. The fourth-order valence-electron chi connectivity index (χ4n) is 2.98. The minimum Gasteiger partial charge on any atom is -0.336 e. The van der Waals surface area contributed by atoms with Gasteiger partial charge in [-0.15, -0.1) is 0 Å². The molecule has 3 rings (SSSR count). The van der Waals surface area contributed by atoms with Gasteiger partial charge in [0.15, 0.2) is 0 Å². The molecule has 0 spiro atoms. The molecule has 1 amide bonds. The third-order valence-electron chi connectivity index (χ3n) is 4.48. The number of sulfonamides is 1. The summed E-state index contributed by atoms with van der Waals surface area (Å²) in [5.41, 5.74) is 1.51. The topological polar surface area (TPSA) is 70.6 Å². The first kappa shape index (κ1) is 17.8. The zero-order valence-electron chi connectivity index (χ0n) is 14.2. The summed E-state index contributed by atoms with van der Waals surface area (Å²) in [5, 5.41) is 0.697. The van der Waals surface area contributed by atoms with Crippen LogP contribution in [0, 0.1) is 12.7 Å². The highest BCUT2D eigenvalue weighted by Gasteiger charge is 2.28. The minimum absolute atomic E-state index is 0.0607. The average molecular weight is 365 g/mol. The number of carbonyl (C=O) groups excluding carboxylic acids is 1. The molecule has 1 fully saturated rings. The second kappa shape index (κ2) is 6.68. The molecule has 134 valence electrons. The van der Waals surface area contributed by atoms with Gasteiger partial charge in [-0.25, -0.2) is 12.8 Å². The van der Waals surface area contributed by atoms with Gasteiger partial charge in [0.2, 0.25) is 10.0 Å². The molecule has 1 saturated heterocycles. The van der Waals surface area contributed by atoms with Crippen LogP contribution in [0.5, 0.6) is 0 Å². The van der Waals surface area contributed by atoms with Gasteiger partial charge in [-0.1, -0.05) is 0 Å². The number of aryl methyl sites for hydroxylation is 1. The molecule has 1 aliphatic heterocycles. The van der Waals surface area contributed by atoms with Crippen LogP contribution in [-0.2, 0) is 10.0 Å². The molecule has 0 saturated carbocycles. The Morgan fingerprint density at radius 2 is 1.88 bits per heavy atom. The number of halogens is 1. The fourth-order valence-corrected chi connectivity index (χ4v) is 4.06. The summed E-state index contributed by atoms with van der Waals surface area (Å²) in [5.74, 6) is -0.484. The number of benzene rings is 1. The lowest BCUT2D eigenvalue weighted by Gasteiger charge is -2.34. The van der Waals surface area contributed by atoms with Crippen molar-refractivity contribution in [3.8, 4) is 0 Å². The maximum atomic E-state index is 13.3. The van der Waals surface area contributed by atoms with Crippen LogP contribution < -0.4 is 0 Å². The van der Waals surface area contributed by atoms with Gasteiger partial charge in [0.25, 0.3) is 5.91 Å². The third kappa shape index (κ3) is 3.50. The molecule has 1 aliphatic rings. The maximum absolute atomic E-state index is 13.3. The Balaban J connectivity index is 1.81. The second-order valence-electron chi connectivity index (χ2n) is 6.05. The summed E-state index contributed by atoms with van der Waals surface area (Å²) in [6.45, 7) is 4.62. The summed E-state index contributed by atoms with van der Waals surface area (Å²) in [6.07, 6.45) is 0. The Morgan fingerprint density at radius 1 is 1.20 bits per heavy atom. The van der Waals surface area contributed by atoms with E-state index >= 15 is 0 Å². The Hall–Kier alpha value is -2.06. The molecule has 6 nitrogen and oxygen atoms in total. The van der Waals surface area contributed by atoms with Crippen LogP contribution in [0.3, 0.4) is 0 Å². The van der Waals surface area contributed by atoms with Gasteiger partial charge >= 0.3 is 0 Å². The second-order valence-corrected chi connectivity index (χ2v) is 8.31. The van der Waals surface area contributed by atoms with E-state index in [9.17, 15) is 17.6 Å². The monoisotopic (exact) mass is 365 g/mol. The number of hydrogen-bond donors (Lipinski definition) is 0. The maximum Gasteiger partial charge on any atom is 0.255 e. The molecule has 2 aromatic rings. The smallest absolute Gasteiger partial charge is 0.255 e. The van der Waals surface area contributed by atoms with E-state index in [2.05, 4.69) is 4.98 Å². The number of piperazine rings is 1. The van der Waals surface area contributed by atoms with Crippen LogP contribution in [-0.4, -0.2) is 60.4 Å². The van der Waals surface area contributed by atoms with Gasteiger partial charge in [-0.3, -0.25) is 9.78 Å². The first-order valence-electron chi connectivity index (χ1n) is 8.16. The summed E-state index contributed by atoms with van der Waals surface area (Å²) >= 11 is 0. The standard InChI is InChI=1S/C17H20FN3O3S/c1-3-25(23,24)21-8-6-20(7-9-21)17(22)15-10-13-4-5-14(18)11-16(13)19-12(15)2/h4-5,10-11H,3,6-9H2,1-2H3. The Bertz CT molecular complexity index is 922. The van der Waals surface area contributed by atoms with Gasteiger partial charge in [-0.05, 0) is 32.0 Å². The zero-order chi connectivity index (χ0) is 18.2. The van der Waals surface area contributed by atoms with E-state index in [1.807, 2.05) is 0 Å². The average Bonchev–Trinajstić information content (AvgIpc) is 2.60. The Morgan fingerprint density at radius 3 is 2.52 bits per heavy atom. The number of amides is 1. The molecule has 0 aliphatic carbocycles. The van der Waals surface area contributed by atoms with Crippen molar-refractivity contribution in [3.63, 3.8) is 0 Å². The van der Waals surface area contributed by atoms with Crippen LogP contribution in [0.1, 0.15) is 23.0 Å². The molecule has 25 heavy (non-hydrogen) atoms. The molecule has 1 aromatic carbocycles. The van der Waals surface area contributed by atoms with Crippen LogP contribution in [0.4, 0.5) is 4.39 Å². The van der Waals surface area contributed by atoms with E-state index in [0.29, 0.717) is 48.3 Å². The lowest BCUT2D eigenvalue weighted by molar-refractivity contribution is 0.0697. The van der Waals surface area contributed by atoms with E-state index in [4.69, 9.17) is 0 Å². The lowest BCUT2D eigenvalue weighted by Crippen LogP contribution is -2.51. The highest BCUT2D eigenvalue weighted by Crippen LogP contribution is 2.20. The van der Waals surface area contributed by atoms with E-state index in [0.717, 1.165) is 0 Å². The number of pyridine rings is 1. The van der Waals surface area contributed by atoms with Crippen molar-refractivity contribution < 1.29 is 17.6 Å². The molecule has 1 aromatic heterocycles. The highest BCUT2D eigenvalue weighted by atomic mass is 32.2. The molecule has 0 bridgehead atoms. The third-order valence-corrected chi connectivity index (χ3v) is 6.37. The van der Waals surface area contributed by atoms with Crippen LogP contribution in [0.15, 0.2) is 24.3 Å². The quantitative estimate of drug-likeness (QED) is 0.831. The Labute approximate surface area is 146 Å². The molecule has 0 unspecified atom stereocenters. The number of carbonyl (C=O) groups is 1. The molecule has 8 heteroatoms. The largest absolute Gasteiger partial charge is 0.336 e. The molecule has 2 heterocycles. The first-order chi connectivity index (χ1) is 11.8. The number of aromatic nitrogens is 1. The molecule has 0 atom stereocenters. The van der Waals surface area contributed by atoms with E-state index in [1.54, 1.807) is 30.9 Å². The van der Waals surface area contributed by atoms with Crippen molar-refractivity contribution >= 4 is 26.8 Å². The predicted molar refractivity (Wildman–Crippen MR) is 93.4 cm³/mol. The van der Waals surface area contributed by atoms with E-state index in [1.165, 1.54) is 16.4 Å². The SMILES string of the molecule is CCS(=O)(=O)N1CCN(C(=O)c2cc3ccc(F)cc3nc2C)CC1. The van der Waals surface area contributed by atoms with Crippen molar-refractivity contribution in [1.29, 1.82) is 0 Å². The summed E-state index contributed by atoms with van der Waals surface area (Å²) in [7, 11) is -3.23. The molecule has 0 N–H and O–H groups in total. The molecular formula is C17H20FN3O3S. The van der Waals surface area contributed by atoms with Crippen molar-refractivity contribution in [2.24, 2.45) is 0 Å². The summed E-state index contributed by atoms with van der Waals surface area (Å²) in [6, 6.07) is 5.99. The first-order valence-corrected chi connectivity index (χ1v) is 9.77. The van der Waals surface area contributed by atoms with Gasteiger partial charge in [0.1, 0.15) is 5.82 Å². The van der Waals surface area contributed by atoms with E-state index in [-0.39, 0.29) is 17.5 Å². The number of fused-ring (bicyclic) bond motifs is 1. The minimum atomic E-state index is -3.23. The lowest BCUT2D eigenvalue weighted by atomic mass is 10.1. The normalized spacial score (nSPS) is 16.4. The van der Waals surface area contributed by atoms with Gasteiger partial charge in [-0.2, -0.15) is 4.31 Å². The number of hydrogen-bond acceptors (Lipinski definition) is 4. The highest BCUT2D eigenvalue weighted by molar-refractivity contribution is 7.89. The van der Waals surface area contributed by atoms with Crippen molar-refractivity contribution in [1.82, 2.24) is 14.2 Å². The van der Waals surface area contributed by atoms with Gasteiger partial charge in [0, 0.05) is 37.6 Å². The van der Waals surface area contributed by atoms with E-state index < -0.39 is 10.0 Å². The van der Waals surface area contributed by atoms with Crippen LogP contribution in [0.25, 0.3) is 10.9 Å². The number of rotatable bonds is 3. The fraction of sp³-hybridized carbons (Fsp3) is 0.412. The predicted octanol–water partition coefficient (Wildman–Crippen LogP) is 1.79. The van der Waals surface area contributed by atoms with Crippen LogP contribution in [0.2, 0.25) is 0 Å². The van der Waals surface area contributed by atoms with Gasteiger partial charge in [0.05, 0.1) is 22.5 Å². The zero-order valence-corrected chi connectivity index (χ0v) is 15.0. The van der Waals surface area contributed by atoms with Crippen molar-refractivity contribution in [2.45, 2.75) is 13.8 Å². The van der Waals surface area contributed by atoms with Gasteiger partial charge < -0.3 is 4.90 Å². The summed E-state index contributed by atoms with van der Waals surface area (Å²) in [4.78, 5) is 18.8. The van der Waals surface area contributed by atoms with Crippen molar-refractivity contribution in [2.75, 3.05) is 31.9 Å². The summed E-state index contributed by atoms with van der Waals surface area (Å²) < 4.78 is 38.6. The van der Waals surface area contributed by atoms with Crippen LogP contribution >= 0.6 is 0 Å². The number of nitrogens with zero attached hydrogens (tertiary/aromatic N) is 3. The van der Waals surface area contributed by atoms with Crippen molar-refractivity contribution in [3.05, 3.63) is 41.3 Å². The molecule has 0 radical (unpaired) electrons.